The van der Waals surface area contributed by atoms with Gasteiger partial charge in [-0.1, -0.05) is 6.58 Å². The Hall–Kier alpha value is -0.670. The second-order valence-corrected chi connectivity index (χ2v) is 3.72. The molecule has 0 spiro atoms. The normalized spacial score (nSPS) is 33.4. The van der Waals surface area contributed by atoms with Crippen LogP contribution in [0, 0.1) is 5.92 Å². The Labute approximate surface area is 85.1 Å². The van der Waals surface area contributed by atoms with Gasteiger partial charge < -0.3 is 9.47 Å². The van der Waals surface area contributed by atoms with Crippen LogP contribution >= 0.6 is 0 Å². The minimum atomic E-state index is 0.605. The lowest BCUT2D eigenvalue weighted by Gasteiger charge is -2.16. The van der Waals surface area contributed by atoms with Gasteiger partial charge in [-0.05, 0) is 31.3 Å². The predicted molar refractivity (Wildman–Crippen MR) is 54.1 cm³/mol. The van der Waals surface area contributed by atoms with Gasteiger partial charge >= 0.3 is 0 Å². The Morgan fingerprint density at radius 3 is 2.71 bits per heavy atom. The van der Waals surface area contributed by atoms with E-state index >= 15 is 0 Å². The van der Waals surface area contributed by atoms with E-state index in [0.717, 1.165) is 12.5 Å². The van der Waals surface area contributed by atoms with Crippen LogP contribution in [-0.2, 0) is 14.3 Å². The number of fused-ring (bicyclic) bond motifs is 1. The molecule has 2 rings (SSSR count). The van der Waals surface area contributed by atoms with Crippen molar-refractivity contribution in [1.29, 1.82) is 0 Å². The first-order valence-electron chi connectivity index (χ1n) is 5.02. The summed E-state index contributed by atoms with van der Waals surface area (Å²) >= 11 is 0. The number of allylic oxidation sites excluding steroid dienone is 1. The molecule has 0 aromatic rings. The van der Waals surface area contributed by atoms with E-state index < -0.39 is 0 Å². The van der Waals surface area contributed by atoms with E-state index in [1.54, 1.807) is 7.11 Å². The van der Waals surface area contributed by atoms with Crippen molar-refractivity contribution in [3.63, 3.8) is 0 Å². The Bertz CT molecular complexity index is 185. The fourth-order valence-corrected chi connectivity index (χ4v) is 1.87. The highest BCUT2D eigenvalue weighted by molar-refractivity contribution is 5.63. The van der Waals surface area contributed by atoms with Gasteiger partial charge in [-0.15, -0.1) is 0 Å². The van der Waals surface area contributed by atoms with Crippen LogP contribution in [0.4, 0.5) is 0 Å². The number of epoxide rings is 1. The van der Waals surface area contributed by atoms with Crippen LogP contribution in [-0.4, -0.2) is 32.2 Å². The van der Waals surface area contributed by atoms with Crippen molar-refractivity contribution in [2.45, 2.75) is 31.5 Å². The first-order chi connectivity index (χ1) is 6.81. The molecule has 1 saturated carbocycles. The van der Waals surface area contributed by atoms with Gasteiger partial charge in [0.25, 0.3) is 0 Å². The second-order valence-electron chi connectivity index (χ2n) is 3.72. The number of ether oxygens (including phenoxy) is 2. The molecule has 0 N–H and O–H groups in total. The summed E-state index contributed by atoms with van der Waals surface area (Å²) in [7, 11) is 1.78. The summed E-state index contributed by atoms with van der Waals surface area (Å²) < 4.78 is 10.5. The molecule has 80 valence electrons. The summed E-state index contributed by atoms with van der Waals surface area (Å²) in [5.41, 5.74) is 0. The Balaban J connectivity index is 0.000000213. The van der Waals surface area contributed by atoms with Crippen LogP contribution in [0.25, 0.3) is 0 Å². The van der Waals surface area contributed by atoms with Crippen LogP contribution in [0.1, 0.15) is 19.3 Å². The van der Waals surface area contributed by atoms with Crippen LogP contribution in [0.3, 0.4) is 0 Å². The third-order valence-corrected chi connectivity index (χ3v) is 2.61. The summed E-state index contributed by atoms with van der Waals surface area (Å²) in [5, 5.41) is 0. The molecule has 3 unspecified atom stereocenters. The highest BCUT2D eigenvalue weighted by Crippen LogP contribution is 2.39. The number of carbonyl (C=O) groups excluding carboxylic acids is 1. The maximum absolute atomic E-state index is 9.06. The lowest BCUT2D eigenvalue weighted by Crippen LogP contribution is -2.17. The molecule has 0 radical (unpaired) electrons. The number of carbonyl (C=O) groups is 1. The average molecular weight is 198 g/mol. The van der Waals surface area contributed by atoms with E-state index in [4.69, 9.17) is 14.3 Å². The molecule has 14 heavy (non-hydrogen) atoms. The number of aldehydes is 1. The maximum Gasteiger partial charge on any atom is 0.142 e. The molecule has 3 atom stereocenters. The zero-order chi connectivity index (χ0) is 10.4. The first-order valence-corrected chi connectivity index (χ1v) is 5.02. The highest BCUT2D eigenvalue weighted by Gasteiger charge is 2.43. The van der Waals surface area contributed by atoms with Crippen LogP contribution in [0.2, 0.25) is 0 Å². The zero-order valence-electron chi connectivity index (χ0n) is 8.65. The van der Waals surface area contributed by atoms with E-state index in [2.05, 4.69) is 6.58 Å². The third-order valence-electron chi connectivity index (χ3n) is 2.61. The number of hydrogen-bond donors (Lipinski definition) is 0. The van der Waals surface area contributed by atoms with Crippen LogP contribution < -0.4 is 0 Å². The third kappa shape index (κ3) is 3.60. The summed E-state index contributed by atoms with van der Waals surface area (Å²) in [4.78, 5) is 9.06. The second kappa shape index (κ2) is 5.94. The van der Waals surface area contributed by atoms with Crippen molar-refractivity contribution >= 4 is 6.29 Å². The smallest absolute Gasteiger partial charge is 0.142 e. The highest BCUT2D eigenvalue weighted by atomic mass is 16.6. The summed E-state index contributed by atoms with van der Waals surface area (Å²) in [6.45, 7) is 4.03. The Morgan fingerprint density at radius 2 is 2.21 bits per heavy atom. The maximum atomic E-state index is 9.06. The monoisotopic (exact) mass is 198 g/mol. The lowest BCUT2D eigenvalue weighted by atomic mass is 9.90. The molecule has 3 nitrogen and oxygen atoms in total. The first kappa shape index (κ1) is 11.4. The molecule has 2 aliphatic rings. The quantitative estimate of drug-likeness (QED) is 0.392. The van der Waals surface area contributed by atoms with Gasteiger partial charge in [0.2, 0.25) is 0 Å². The van der Waals surface area contributed by atoms with E-state index in [9.17, 15) is 0 Å². The molecule has 0 bridgehead atoms. The van der Waals surface area contributed by atoms with Gasteiger partial charge in [-0.3, -0.25) is 4.79 Å². The zero-order valence-corrected chi connectivity index (χ0v) is 8.65. The van der Waals surface area contributed by atoms with E-state index in [1.807, 2.05) is 0 Å². The SMILES string of the molecule is C=CC=O.COCC1CCC2OC2C1. The summed E-state index contributed by atoms with van der Waals surface area (Å²) in [6.07, 6.45) is 6.87. The van der Waals surface area contributed by atoms with Gasteiger partial charge in [0.1, 0.15) is 6.29 Å². The van der Waals surface area contributed by atoms with Crippen molar-refractivity contribution in [1.82, 2.24) is 0 Å². The Morgan fingerprint density at radius 1 is 1.50 bits per heavy atom. The summed E-state index contributed by atoms with van der Waals surface area (Å²) in [5.74, 6) is 0.772. The molecular weight excluding hydrogens is 180 g/mol. The number of methoxy groups -OCH3 is 1. The van der Waals surface area contributed by atoms with Crippen molar-refractivity contribution in [3.8, 4) is 0 Å². The molecule has 1 heterocycles. The summed E-state index contributed by atoms with van der Waals surface area (Å²) in [6, 6.07) is 0. The molecule has 2 fully saturated rings. The number of hydrogen-bond acceptors (Lipinski definition) is 3. The molecule has 3 heteroatoms. The molecular formula is C11H18O3. The Kier molecular flexibility index (Phi) is 4.84. The molecule has 0 aromatic heterocycles. The van der Waals surface area contributed by atoms with Gasteiger partial charge in [0, 0.05) is 13.7 Å². The fraction of sp³-hybridized carbons (Fsp3) is 0.727. The van der Waals surface area contributed by atoms with Gasteiger partial charge in [-0.2, -0.15) is 0 Å². The molecule has 0 aromatic carbocycles. The van der Waals surface area contributed by atoms with E-state index in [0.29, 0.717) is 18.5 Å². The van der Waals surface area contributed by atoms with Crippen molar-refractivity contribution in [2.75, 3.05) is 13.7 Å². The van der Waals surface area contributed by atoms with Gasteiger partial charge in [-0.25, -0.2) is 0 Å². The van der Waals surface area contributed by atoms with Crippen molar-refractivity contribution in [3.05, 3.63) is 12.7 Å². The predicted octanol–water partition coefficient (Wildman–Crippen LogP) is 1.57. The van der Waals surface area contributed by atoms with Crippen LogP contribution in [0.15, 0.2) is 12.7 Å². The minimum absolute atomic E-state index is 0.605. The minimum Gasteiger partial charge on any atom is -0.384 e. The number of rotatable bonds is 3. The van der Waals surface area contributed by atoms with E-state index in [1.165, 1.54) is 25.3 Å². The molecule has 1 saturated heterocycles. The largest absolute Gasteiger partial charge is 0.384 e. The van der Waals surface area contributed by atoms with Crippen molar-refractivity contribution < 1.29 is 14.3 Å². The molecule has 1 aliphatic heterocycles. The topological polar surface area (TPSA) is 38.8 Å². The molecule has 1 aliphatic carbocycles. The van der Waals surface area contributed by atoms with E-state index in [-0.39, 0.29) is 0 Å². The van der Waals surface area contributed by atoms with Gasteiger partial charge in [0.15, 0.2) is 0 Å². The average Bonchev–Trinajstić information content (AvgIpc) is 2.97. The van der Waals surface area contributed by atoms with Gasteiger partial charge in [0.05, 0.1) is 12.2 Å². The molecule has 0 amide bonds. The van der Waals surface area contributed by atoms with Crippen molar-refractivity contribution in [2.24, 2.45) is 5.92 Å². The standard InChI is InChI=1S/C8H14O2.C3H4O/c1-9-5-6-2-3-7-8(4-6)10-7;1-2-3-4/h6-8H,2-5H2,1H3;2-3H,1H2. The fourth-order valence-electron chi connectivity index (χ4n) is 1.87. The lowest BCUT2D eigenvalue weighted by molar-refractivity contribution is -0.104. The van der Waals surface area contributed by atoms with Crippen LogP contribution in [0.5, 0.6) is 0 Å².